The van der Waals surface area contributed by atoms with Crippen molar-refractivity contribution in [2.24, 2.45) is 4.99 Å². The van der Waals surface area contributed by atoms with Crippen LogP contribution >= 0.6 is 15.9 Å². The number of hydrogen-bond acceptors (Lipinski definition) is 6. The first-order valence-electron chi connectivity index (χ1n) is 9.23. The first-order valence-corrected chi connectivity index (χ1v) is 10.0. The molecule has 0 saturated carbocycles. The summed E-state index contributed by atoms with van der Waals surface area (Å²) in [6, 6.07) is 17.4. The van der Waals surface area contributed by atoms with E-state index < -0.39 is 4.92 Å². The Morgan fingerprint density at radius 3 is 2.65 bits per heavy atom. The van der Waals surface area contributed by atoms with Crippen LogP contribution in [-0.2, 0) is 0 Å². The summed E-state index contributed by atoms with van der Waals surface area (Å²) in [6.07, 6.45) is 5.25. The monoisotopic (exact) mass is 477 g/mol. The second kappa shape index (κ2) is 8.93. The number of halogens is 1. The smallest absolute Gasteiger partial charge is 0.269 e. The van der Waals surface area contributed by atoms with Crippen molar-refractivity contribution in [1.29, 1.82) is 0 Å². The third kappa shape index (κ3) is 4.70. The van der Waals surface area contributed by atoms with Gasteiger partial charge in [0.15, 0.2) is 5.58 Å². The Kier molecular flexibility index (Phi) is 5.90. The Bertz CT molecular complexity index is 1310. The van der Waals surface area contributed by atoms with Gasteiger partial charge in [-0.05, 0) is 76.1 Å². The number of nitrogens with zero attached hydrogens (tertiary/aromatic N) is 3. The van der Waals surface area contributed by atoms with Gasteiger partial charge < -0.3 is 9.15 Å². The number of fused-ring (bicyclic) bond motifs is 1. The number of methoxy groups -OCH3 is 1. The number of ether oxygens (including phenoxy) is 1. The molecule has 0 bridgehead atoms. The molecule has 0 amide bonds. The van der Waals surface area contributed by atoms with E-state index in [1.165, 1.54) is 12.1 Å². The molecule has 154 valence electrons. The van der Waals surface area contributed by atoms with Crippen molar-refractivity contribution in [1.82, 2.24) is 4.98 Å². The molecule has 0 radical (unpaired) electrons. The van der Waals surface area contributed by atoms with E-state index in [-0.39, 0.29) is 5.69 Å². The second-order valence-electron chi connectivity index (χ2n) is 6.51. The lowest BCUT2D eigenvalue weighted by Gasteiger charge is -2.03. The zero-order valence-electron chi connectivity index (χ0n) is 16.4. The molecule has 1 heterocycles. The summed E-state index contributed by atoms with van der Waals surface area (Å²) < 4.78 is 11.9. The predicted octanol–water partition coefficient (Wildman–Crippen LogP) is 6.59. The lowest BCUT2D eigenvalue weighted by molar-refractivity contribution is -0.384. The maximum atomic E-state index is 10.7. The van der Waals surface area contributed by atoms with E-state index in [9.17, 15) is 10.1 Å². The molecule has 3 aromatic carbocycles. The molecule has 0 aliphatic carbocycles. The summed E-state index contributed by atoms with van der Waals surface area (Å²) in [6.45, 7) is 0. The molecule has 8 heteroatoms. The zero-order valence-corrected chi connectivity index (χ0v) is 17.9. The van der Waals surface area contributed by atoms with E-state index in [1.807, 2.05) is 42.5 Å². The van der Waals surface area contributed by atoms with Gasteiger partial charge in [0.1, 0.15) is 11.3 Å². The van der Waals surface area contributed by atoms with Crippen LogP contribution < -0.4 is 4.74 Å². The van der Waals surface area contributed by atoms with Crippen molar-refractivity contribution in [2.75, 3.05) is 7.11 Å². The summed E-state index contributed by atoms with van der Waals surface area (Å²) >= 11 is 3.47. The molecule has 0 saturated heterocycles. The van der Waals surface area contributed by atoms with Crippen molar-refractivity contribution < 1.29 is 14.1 Å². The van der Waals surface area contributed by atoms with Gasteiger partial charge >= 0.3 is 0 Å². The zero-order chi connectivity index (χ0) is 21.8. The minimum absolute atomic E-state index is 0.0631. The number of oxazole rings is 1. The highest BCUT2D eigenvalue weighted by Gasteiger charge is 2.11. The molecule has 7 nitrogen and oxygen atoms in total. The van der Waals surface area contributed by atoms with Crippen molar-refractivity contribution >= 4 is 50.7 Å². The third-order valence-electron chi connectivity index (χ3n) is 4.47. The SMILES string of the molecule is COc1ccc(-c2nc3cc(N=C/C=C\c4ccc([N+](=O)[O-])cc4)ccc3o2)cc1Br. The molecule has 0 N–H and O–H groups in total. The van der Waals surface area contributed by atoms with E-state index >= 15 is 0 Å². The number of non-ortho nitro benzene ring substituents is 1. The topological polar surface area (TPSA) is 90.8 Å². The Balaban J connectivity index is 1.50. The van der Waals surface area contributed by atoms with Crippen LogP contribution in [0.1, 0.15) is 5.56 Å². The number of allylic oxidation sites excluding steroid dienone is 1. The number of aliphatic imine (C=N–C) groups is 1. The molecule has 1 aromatic heterocycles. The number of nitro benzene ring substituents is 1. The van der Waals surface area contributed by atoms with Crippen LogP contribution in [0.4, 0.5) is 11.4 Å². The summed E-state index contributed by atoms with van der Waals surface area (Å²) in [4.78, 5) is 19.2. The van der Waals surface area contributed by atoms with Gasteiger partial charge in [-0.1, -0.05) is 6.08 Å². The highest BCUT2D eigenvalue weighted by Crippen LogP contribution is 2.32. The summed E-state index contributed by atoms with van der Waals surface area (Å²) in [5.74, 6) is 1.25. The second-order valence-corrected chi connectivity index (χ2v) is 7.36. The van der Waals surface area contributed by atoms with Gasteiger partial charge in [-0.25, -0.2) is 4.98 Å². The van der Waals surface area contributed by atoms with Gasteiger partial charge in [0.2, 0.25) is 5.89 Å². The summed E-state index contributed by atoms with van der Waals surface area (Å²) in [7, 11) is 1.61. The molecule has 0 aliphatic heterocycles. The fraction of sp³-hybridized carbons (Fsp3) is 0.0435. The molecule has 0 unspecified atom stereocenters. The number of rotatable bonds is 6. The van der Waals surface area contributed by atoms with Crippen molar-refractivity contribution in [3.05, 3.63) is 86.9 Å². The standard InChI is InChI=1S/C23H16BrN3O4/c1-30-21-10-6-16(13-19(21)24)23-26-20-14-17(7-11-22(20)31-23)25-12-2-3-15-4-8-18(9-5-15)27(28)29/h2-14H,1H3/b3-2-,25-12?. The Morgan fingerprint density at radius 1 is 1.13 bits per heavy atom. The first kappa shape index (κ1) is 20.5. The Hall–Kier alpha value is -3.78. The highest BCUT2D eigenvalue weighted by molar-refractivity contribution is 9.10. The minimum Gasteiger partial charge on any atom is -0.496 e. The lowest BCUT2D eigenvalue weighted by Crippen LogP contribution is -1.86. The third-order valence-corrected chi connectivity index (χ3v) is 5.09. The van der Waals surface area contributed by atoms with E-state index in [2.05, 4.69) is 25.9 Å². The molecular weight excluding hydrogens is 462 g/mol. The van der Waals surface area contributed by atoms with Crippen LogP contribution in [-0.4, -0.2) is 23.2 Å². The predicted molar refractivity (Wildman–Crippen MR) is 124 cm³/mol. The van der Waals surface area contributed by atoms with Gasteiger partial charge in [0, 0.05) is 23.9 Å². The molecule has 0 aliphatic rings. The molecular formula is C23H16BrN3O4. The van der Waals surface area contributed by atoms with Gasteiger partial charge in [-0.15, -0.1) is 0 Å². The average molecular weight is 478 g/mol. The molecule has 0 atom stereocenters. The van der Waals surface area contributed by atoms with Crippen LogP contribution in [0.5, 0.6) is 5.75 Å². The minimum atomic E-state index is -0.423. The largest absolute Gasteiger partial charge is 0.496 e. The van der Waals surface area contributed by atoms with E-state index in [1.54, 1.807) is 31.5 Å². The van der Waals surface area contributed by atoms with E-state index in [0.29, 0.717) is 17.0 Å². The first-order chi connectivity index (χ1) is 15.0. The van der Waals surface area contributed by atoms with Crippen molar-refractivity contribution in [3.8, 4) is 17.2 Å². The Labute approximate surface area is 186 Å². The molecule has 0 fully saturated rings. The fourth-order valence-corrected chi connectivity index (χ4v) is 3.45. The maximum Gasteiger partial charge on any atom is 0.269 e. The Morgan fingerprint density at radius 2 is 1.94 bits per heavy atom. The van der Waals surface area contributed by atoms with Crippen LogP contribution in [0.15, 0.2) is 80.6 Å². The van der Waals surface area contributed by atoms with Crippen LogP contribution in [0.2, 0.25) is 0 Å². The molecule has 31 heavy (non-hydrogen) atoms. The van der Waals surface area contributed by atoms with Gasteiger partial charge in [0.05, 0.1) is 22.2 Å². The number of nitro groups is 1. The van der Waals surface area contributed by atoms with E-state index in [4.69, 9.17) is 9.15 Å². The van der Waals surface area contributed by atoms with Crippen molar-refractivity contribution in [2.45, 2.75) is 0 Å². The van der Waals surface area contributed by atoms with Gasteiger partial charge in [0.25, 0.3) is 5.69 Å². The number of aromatic nitrogens is 1. The van der Waals surface area contributed by atoms with Crippen LogP contribution in [0, 0.1) is 10.1 Å². The van der Waals surface area contributed by atoms with Crippen molar-refractivity contribution in [3.63, 3.8) is 0 Å². The lowest BCUT2D eigenvalue weighted by atomic mass is 10.2. The van der Waals surface area contributed by atoms with Crippen LogP contribution in [0.25, 0.3) is 28.6 Å². The summed E-state index contributed by atoms with van der Waals surface area (Å²) in [5, 5.41) is 10.7. The van der Waals surface area contributed by atoms with Gasteiger partial charge in [-0.2, -0.15) is 0 Å². The van der Waals surface area contributed by atoms with Crippen LogP contribution in [0.3, 0.4) is 0 Å². The molecule has 4 aromatic rings. The summed E-state index contributed by atoms with van der Waals surface area (Å²) in [5.41, 5.74) is 3.85. The molecule has 0 spiro atoms. The normalized spacial score (nSPS) is 11.5. The maximum absolute atomic E-state index is 10.7. The van der Waals surface area contributed by atoms with Gasteiger partial charge in [-0.3, -0.25) is 15.1 Å². The quantitative estimate of drug-likeness (QED) is 0.177. The fourth-order valence-electron chi connectivity index (χ4n) is 2.91. The number of hydrogen-bond donors (Lipinski definition) is 0. The average Bonchev–Trinajstić information content (AvgIpc) is 3.20. The number of benzene rings is 3. The molecule has 4 rings (SSSR count). The van der Waals surface area contributed by atoms with E-state index in [0.717, 1.165) is 27.0 Å². The highest BCUT2D eigenvalue weighted by atomic mass is 79.9.